The lowest BCUT2D eigenvalue weighted by molar-refractivity contribution is 0.0803. The molecule has 2 nitrogen and oxygen atoms in total. The molecule has 1 aromatic rings. The van der Waals surface area contributed by atoms with Crippen LogP contribution in [0.2, 0.25) is 0 Å². The SMILES string of the molecule is Cc1ccc(F)c(C(O)CCC2CCCO2)c1. The lowest BCUT2D eigenvalue weighted by Gasteiger charge is -2.15. The first kappa shape index (κ1) is 12.5. The molecule has 1 aliphatic rings. The van der Waals surface area contributed by atoms with Crippen molar-refractivity contribution in [3.05, 3.63) is 35.1 Å². The van der Waals surface area contributed by atoms with Gasteiger partial charge in [0.1, 0.15) is 5.82 Å². The summed E-state index contributed by atoms with van der Waals surface area (Å²) in [4.78, 5) is 0. The monoisotopic (exact) mass is 238 g/mol. The van der Waals surface area contributed by atoms with Crippen LogP contribution >= 0.6 is 0 Å². The zero-order valence-corrected chi connectivity index (χ0v) is 10.2. The van der Waals surface area contributed by atoms with Crippen molar-refractivity contribution in [2.75, 3.05) is 6.61 Å². The number of aryl methyl sites for hydroxylation is 1. The molecule has 3 heteroatoms. The fourth-order valence-electron chi connectivity index (χ4n) is 2.29. The lowest BCUT2D eigenvalue weighted by atomic mass is 10.00. The molecule has 0 bridgehead atoms. The first-order valence-corrected chi connectivity index (χ1v) is 6.22. The fourth-order valence-corrected chi connectivity index (χ4v) is 2.29. The summed E-state index contributed by atoms with van der Waals surface area (Å²) in [6, 6.07) is 4.85. The van der Waals surface area contributed by atoms with Gasteiger partial charge in [-0.05, 0) is 38.7 Å². The van der Waals surface area contributed by atoms with E-state index in [0.29, 0.717) is 12.0 Å². The molecule has 2 unspecified atom stereocenters. The topological polar surface area (TPSA) is 29.5 Å². The Morgan fingerprint density at radius 1 is 1.53 bits per heavy atom. The molecular weight excluding hydrogens is 219 g/mol. The highest BCUT2D eigenvalue weighted by molar-refractivity contribution is 5.25. The normalized spacial score (nSPS) is 21.7. The number of benzene rings is 1. The maximum atomic E-state index is 13.5. The van der Waals surface area contributed by atoms with Gasteiger partial charge in [-0.2, -0.15) is 0 Å². The lowest BCUT2D eigenvalue weighted by Crippen LogP contribution is -2.09. The number of ether oxygens (including phenoxy) is 1. The highest BCUT2D eigenvalue weighted by atomic mass is 19.1. The number of hydrogen-bond donors (Lipinski definition) is 1. The minimum atomic E-state index is -0.723. The standard InChI is InChI=1S/C14H19FO2/c1-10-4-6-13(15)12(9-10)14(16)7-5-11-3-2-8-17-11/h4,6,9,11,14,16H,2-3,5,7-8H2,1H3. The van der Waals surface area contributed by atoms with Crippen LogP contribution in [0.5, 0.6) is 0 Å². The molecule has 0 aliphatic carbocycles. The Labute approximate surface area is 101 Å². The highest BCUT2D eigenvalue weighted by Gasteiger charge is 2.19. The Morgan fingerprint density at radius 2 is 2.35 bits per heavy atom. The van der Waals surface area contributed by atoms with Crippen molar-refractivity contribution < 1.29 is 14.2 Å². The Balaban J connectivity index is 1.93. The summed E-state index contributed by atoms with van der Waals surface area (Å²) in [5, 5.41) is 9.99. The van der Waals surface area contributed by atoms with Crippen LogP contribution in [0.25, 0.3) is 0 Å². The Hall–Kier alpha value is -0.930. The van der Waals surface area contributed by atoms with Crippen molar-refractivity contribution in [3.63, 3.8) is 0 Å². The second-order valence-electron chi connectivity index (χ2n) is 4.75. The van der Waals surface area contributed by atoms with Crippen molar-refractivity contribution >= 4 is 0 Å². The van der Waals surface area contributed by atoms with E-state index in [0.717, 1.165) is 31.4 Å². The Bertz CT molecular complexity index is 372. The van der Waals surface area contributed by atoms with Gasteiger partial charge in [0, 0.05) is 12.2 Å². The maximum Gasteiger partial charge on any atom is 0.129 e. The average molecular weight is 238 g/mol. The van der Waals surface area contributed by atoms with Gasteiger partial charge in [0.05, 0.1) is 12.2 Å². The summed E-state index contributed by atoms with van der Waals surface area (Å²) in [7, 11) is 0. The van der Waals surface area contributed by atoms with E-state index in [1.807, 2.05) is 6.92 Å². The van der Waals surface area contributed by atoms with Crippen molar-refractivity contribution in [1.82, 2.24) is 0 Å². The summed E-state index contributed by atoms with van der Waals surface area (Å²) >= 11 is 0. The second kappa shape index (κ2) is 5.61. The van der Waals surface area contributed by atoms with E-state index in [-0.39, 0.29) is 11.9 Å². The largest absolute Gasteiger partial charge is 0.388 e. The van der Waals surface area contributed by atoms with Crippen molar-refractivity contribution in [3.8, 4) is 0 Å². The smallest absolute Gasteiger partial charge is 0.129 e. The van der Waals surface area contributed by atoms with Crippen LogP contribution in [0.1, 0.15) is 42.9 Å². The van der Waals surface area contributed by atoms with Gasteiger partial charge in [-0.1, -0.05) is 17.7 Å². The van der Waals surface area contributed by atoms with Crippen LogP contribution in [0.4, 0.5) is 4.39 Å². The van der Waals surface area contributed by atoms with E-state index in [2.05, 4.69) is 0 Å². The van der Waals surface area contributed by atoms with Gasteiger partial charge in [0.15, 0.2) is 0 Å². The second-order valence-corrected chi connectivity index (χ2v) is 4.75. The molecule has 0 amide bonds. The summed E-state index contributed by atoms with van der Waals surface area (Å²) < 4.78 is 19.0. The maximum absolute atomic E-state index is 13.5. The van der Waals surface area contributed by atoms with Gasteiger partial charge in [0.2, 0.25) is 0 Å². The first-order chi connectivity index (χ1) is 8.16. The van der Waals surface area contributed by atoms with Gasteiger partial charge in [-0.15, -0.1) is 0 Å². The van der Waals surface area contributed by atoms with Gasteiger partial charge < -0.3 is 9.84 Å². The number of hydrogen-bond acceptors (Lipinski definition) is 2. The average Bonchev–Trinajstić information content (AvgIpc) is 2.82. The molecule has 94 valence electrons. The molecule has 2 rings (SSSR count). The van der Waals surface area contributed by atoms with E-state index in [4.69, 9.17) is 4.74 Å². The molecule has 17 heavy (non-hydrogen) atoms. The van der Waals surface area contributed by atoms with Crippen LogP contribution in [-0.4, -0.2) is 17.8 Å². The van der Waals surface area contributed by atoms with Crippen molar-refractivity contribution in [1.29, 1.82) is 0 Å². The molecule has 2 atom stereocenters. The number of aliphatic hydroxyl groups is 1. The van der Waals surface area contributed by atoms with Gasteiger partial charge in [-0.25, -0.2) is 4.39 Å². The van der Waals surface area contributed by atoms with E-state index < -0.39 is 6.10 Å². The molecule has 1 N–H and O–H groups in total. The number of halogens is 1. The van der Waals surface area contributed by atoms with E-state index >= 15 is 0 Å². The highest BCUT2D eigenvalue weighted by Crippen LogP contribution is 2.26. The zero-order valence-electron chi connectivity index (χ0n) is 10.2. The Morgan fingerprint density at radius 3 is 3.06 bits per heavy atom. The van der Waals surface area contributed by atoms with Crippen LogP contribution < -0.4 is 0 Å². The van der Waals surface area contributed by atoms with Crippen molar-refractivity contribution in [2.24, 2.45) is 0 Å². The van der Waals surface area contributed by atoms with Gasteiger partial charge in [-0.3, -0.25) is 0 Å². The van der Waals surface area contributed by atoms with E-state index in [1.165, 1.54) is 6.07 Å². The molecule has 0 saturated carbocycles. The molecular formula is C14H19FO2. The molecule has 0 radical (unpaired) electrons. The summed E-state index contributed by atoms with van der Waals surface area (Å²) in [6.07, 6.45) is 3.04. The van der Waals surface area contributed by atoms with Crippen molar-refractivity contribution in [2.45, 2.75) is 44.8 Å². The molecule has 0 spiro atoms. The summed E-state index contributed by atoms with van der Waals surface area (Å²) in [5.41, 5.74) is 1.38. The zero-order chi connectivity index (χ0) is 12.3. The molecule has 0 aromatic heterocycles. The molecule has 1 heterocycles. The predicted octanol–water partition coefficient (Wildman–Crippen LogP) is 3.13. The van der Waals surface area contributed by atoms with Crippen LogP contribution in [-0.2, 0) is 4.74 Å². The molecule has 1 fully saturated rings. The summed E-state index contributed by atoms with van der Waals surface area (Å²) in [6.45, 7) is 2.72. The quantitative estimate of drug-likeness (QED) is 0.873. The van der Waals surface area contributed by atoms with Gasteiger partial charge in [0.25, 0.3) is 0 Å². The van der Waals surface area contributed by atoms with E-state index in [1.54, 1.807) is 12.1 Å². The third-order valence-electron chi connectivity index (χ3n) is 3.30. The van der Waals surface area contributed by atoms with Crippen LogP contribution in [0, 0.1) is 12.7 Å². The molecule has 1 aliphatic heterocycles. The van der Waals surface area contributed by atoms with Gasteiger partial charge >= 0.3 is 0 Å². The van der Waals surface area contributed by atoms with Crippen LogP contribution in [0.15, 0.2) is 18.2 Å². The summed E-state index contributed by atoms with van der Waals surface area (Å²) in [5.74, 6) is -0.324. The Kier molecular flexibility index (Phi) is 4.13. The molecule has 1 aromatic carbocycles. The van der Waals surface area contributed by atoms with E-state index in [9.17, 15) is 9.50 Å². The molecule has 1 saturated heterocycles. The first-order valence-electron chi connectivity index (χ1n) is 6.22. The minimum Gasteiger partial charge on any atom is -0.388 e. The third-order valence-corrected chi connectivity index (χ3v) is 3.30. The predicted molar refractivity (Wildman–Crippen MR) is 64.3 cm³/mol. The fraction of sp³-hybridized carbons (Fsp3) is 0.571. The number of aliphatic hydroxyl groups excluding tert-OH is 1. The third kappa shape index (κ3) is 3.27. The van der Waals surface area contributed by atoms with Crippen LogP contribution in [0.3, 0.4) is 0 Å². The number of rotatable bonds is 4. The minimum absolute atomic E-state index is 0.248.